The van der Waals surface area contributed by atoms with E-state index < -0.39 is 10.0 Å². The molecule has 1 amide bonds. The second kappa shape index (κ2) is 10.1. The third kappa shape index (κ3) is 6.53. The summed E-state index contributed by atoms with van der Waals surface area (Å²) >= 11 is 0. The molecule has 8 heteroatoms. The summed E-state index contributed by atoms with van der Waals surface area (Å²) in [6.07, 6.45) is 6.65. The number of amides is 1. The molecule has 0 saturated carbocycles. The number of nitrogens with one attached hydrogen (secondary N) is 1. The SMILES string of the molecule is CC1=C[C@@H](CNS(C)(=O)=O)[C@H](C(C)C)C[C@H]1CC(=O)N1CCN(c2ccccn2)CC1. The van der Waals surface area contributed by atoms with Crippen LogP contribution in [0.5, 0.6) is 0 Å². The van der Waals surface area contributed by atoms with Gasteiger partial charge in [0.25, 0.3) is 0 Å². The lowest BCUT2D eigenvalue weighted by Crippen LogP contribution is -2.49. The van der Waals surface area contributed by atoms with Crippen molar-refractivity contribution in [2.75, 3.05) is 43.9 Å². The van der Waals surface area contributed by atoms with Crippen molar-refractivity contribution in [3.05, 3.63) is 36.0 Å². The van der Waals surface area contributed by atoms with Crippen molar-refractivity contribution in [1.82, 2.24) is 14.6 Å². The van der Waals surface area contributed by atoms with E-state index in [1.165, 1.54) is 11.8 Å². The van der Waals surface area contributed by atoms with Gasteiger partial charge in [0.05, 0.1) is 6.26 Å². The molecule has 2 aliphatic rings. The zero-order chi connectivity index (χ0) is 22.6. The number of sulfonamides is 1. The van der Waals surface area contributed by atoms with E-state index in [9.17, 15) is 13.2 Å². The lowest BCUT2D eigenvalue weighted by atomic mass is 9.70. The van der Waals surface area contributed by atoms with Gasteiger partial charge >= 0.3 is 0 Å². The number of rotatable bonds is 7. The molecule has 31 heavy (non-hydrogen) atoms. The zero-order valence-corrected chi connectivity index (χ0v) is 19.9. The molecule has 0 radical (unpaired) electrons. The molecule has 1 aliphatic carbocycles. The molecule has 1 aromatic rings. The molecule has 3 rings (SSSR count). The maximum atomic E-state index is 13.0. The van der Waals surface area contributed by atoms with E-state index in [0.29, 0.717) is 24.8 Å². The van der Waals surface area contributed by atoms with Crippen LogP contribution >= 0.6 is 0 Å². The molecule has 0 spiro atoms. The number of anilines is 1. The molecular formula is C23H36N4O3S. The van der Waals surface area contributed by atoms with Gasteiger partial charge in [0.2, 0.25) is 15.9 Å². The first kappa shape index (κ1) is 23.7. The Morgan fingerprint density at radius 1 is 1.23 bits per heavy atom. The summed E-state index contributed by atoms with van der Waals surface area (Å²) in [7, 11) is -3.21. The minimum absolute atomic E-state index is 0.169. The van der Waals surface area contributed by atoms with Crippen LogP contribution in [0.3, 0.4) is 0 Å². The Hall–Kier alpha value is -1.93. The summed E-state index contributed by atoms with van der Waals surface area (Å²) in [5.41, 5.74) is 1.21. The van der Waals surface area contributed by atoms with Crippen LogP contribution in [-0.2, 0) is 14.8 Å². The largest absolute Gasteiger partial charge is 0.353 e. The first-order valence-corrected chi connectivity index (χ1v) is 13.1. The Bertz CT molecular complexity index is 877. The van der Waals surface area contributed by atoms with Crippen molar-refractivity contribution in [2.24, 2.45) is 23.7 Å². The van der Waals surface area contributed by atoms with Gasteiger partial charge in [-0.05, 0) is 49.1 Å². The summed E-state index contributed by atoms with van der Waals surface area (Å²) < 4.78 is 25.7. The predicted molar refractivity (Wildman–Crippen MR) is 124 cm³/mol. The van der Waals surface area contributed by atoms with Gasteiger partial charge in [0, 0.05) is 45.3 Å². The van der Waals surface area contributed by atoms with Crippen molar-refractivity contribution in [3.63, 3.8) is 0 Å². The maximum Gasteiger partial charge on any atom is 0.223 e. The number of piperazine rings is 1. The fourth-order valence-electron chi connectivity index (χ4n) is 4.82. The van der Waals surface area contributed by atoms with E-state index in [4.69, 9.17) is 0 Å². The summed E-state index contributed by atoms with van der Waals surface area (Å²) in [4.78, 5) is 21.7. The Balaban J connectivity index is 1.58. The monoisotopic (exact) mass is 448 g/mol. The number of hydrogen-bond donors (Lipinski definition) is 1. The van der Waals surface area contributed by atoms with Crippen LogP contribution in [0, 0.1) is 23.7 Å². The molecule has 2 heterocycles. The van der Waals surface area contributed by atoms with Crippen LogP contribution in [-0.4, -0.2) is 63.2 Å². The average molecular weight is 449 g/mol. The highest BCUT2D eigenvalue weighted by Crippen LogP contribution is 2.39. The molecule has 1 N–H and O–H groups in total. The molecule has 0 bridgehead atoms. The number of allylic oxidation sites excluding steroid dienone is 1. The minimum atomic E-state index is -3.21. The molecule has 1 fully saturated rings. The quantitative estimate of drug-likeness (QED) is 0.648. The van der Waals surface area contributed by atoms with E-state index in [2.05, 4.69) is 41.5 Å². The van der Waals surface area contributed by atoms with E-state index in [0.717, 1.165) is 38.4 Å². The smallest absolute Gasteiger partial charge is 0.223 e. The number of pyridine rings is 1. The van der Waals surface area contributed by atoms with Crippen molar-refractivity contribution < 1.29 is 13.2 Å². The third-order valence-corrected chi connectivity index (χ3v) is 7.38. The Morgan fingerprint density at radius 2 is 1.94 bits per heavy atom. The molecule has 172 valence electrons. The topological polar surface area (TPSA) is 82.6 Å². The minimum Gasteiger partial charge on any atom is -0.353 e. The molecule has 1 aromatic heterocycles. The molecule has 3 atom stereocenters. The number of carbonyl (C=O) groups excluding carboxylic acids is 1. The van der Waals surface area contributed by atoms with Gasteiger partial charge in [-0.3, -0.25) is 4.79 Å². The van der Waals surface area contributed by atoms with Gasteiger partial charge in [-0.2, -0.15) is 0 Å². The van der Waals surface area contributed by atoms with Crippen LogP contribution in [0.4, 0.5) is 5.82 Å². The van der Waals surface area contributed by atoms with Crippen molar-refractivity contribution in [2.45, 2.75) is 33.6 Å². The van der Waals surface area contributed by atoms with Crippen molar-refractivity contribution >= 4 is 21.7 Å². The van der Waals surface area contributed by atoms with Gasteiger partial charge in [-0.25, -0.2) is 18.1 Å². The predicted octanol–water partition coefficient (Wildman–Crippen LogP) is 2.52. The summed E-state index contributed by atoms with van der Waals surface area (Å²) in [6, 6.07) is 5.91. The molecule has 1 saturated heterocycles. The number of nitrogens with zero attached hydrogens (tertiary/aromatic N) is 3. The second-order valence-corrected chi connectivity index (χ2v) is 11.1. The number of aromatic nitrogens is 1. The molecule has 7 nitrogen and oxygen atoms in total. The van der Waals surface area contributed by atoms with E-state index in [-0.39, 0.29) is 17.7 Å². The Labute approximate surface area is 187 Å². The van der Waals surface area contributed by atoms with Crippen LogP contribution in [0.1, 0.15) is 33.6 Å². The van der Waals surface area contributed by atoms with Gasteiger partial charge in [-0.1, -0.05) is 31.6 Å². The van der Waals surface area contributed by atoms with Crippen LogP contribution in [0.15, 0.2) is 36.0 Å². The molecule has 1 aliphatic heterocycles. The first-order valence-electron chi connectivity index (χ1n) is 11.2. The lowest BCUT2D eigenvalue weighted by Gasteiger charge is -2.39. The molecule has 0 unspecified atom stereocenters. The van der Waals surface area contributed by atoms with Crippen molar-refractivity contribution in [1.29, 1.82) is 0 Å². The van der Waals surface area contributed by atoms with Crippen LogP contribution in [0.2, 0.25) is 0 Å². The first-order chi connectivity index (χ1) is 14.6. The molecule has 0 aromatic carbocycles. The summed E-state index contributed by atoms with van der Waals surface area (Å²) in [6.45, 7) is 9.92. The second-order valence-electron chi connectivity index (χ2n) is 9.30. The van der Waals surface area contributed by atoms with Gasteiger partial charge in [0.15, 0.2) is 0 Å². The van der Waals surface area contributed by atoms with E-state index in [1.54, 1.807) is 6.20 Å². The number of hydrogen-bond acceptors (Lipinski definition) is 5. The summed E-state index contributed by atoms with van der Waals surface area (Å²) in [5.74, 6) is 2.36. The third-order valence-electron chi connectivity index (χ3n) is 6.69. The highest BCUT2D eigenvalue weighted by Gasteiger charge is 2.34. The van der Waals surface area contributed by atoms with E-state index in [1.807, 2.05) is 23.1 Å². The highest BCUT2D eigenvalue weighted by atomic mass is 32.2. The average Bonchev–Trinajstić information content (AvgIpc) is 2.73. The fourth-order valence-corrected chi connectivity index (χ4v) is 5.32. The van der Waals surface area contributed by atoms with Gasteiger partial charge < -0.3 is 9.80 Å². The van der Waals surface area contributed by atoms with E-state index >= 15 is 0 Å². The Morgan fingerprint density at radius 3 is 2.52 bits per heavy atom. The zero-order valence-electron chi connectivity index (χ0n) is 19.1. The van der Waals surface area contributed by atoms with Crippen LogP contribution in [0.25, 0.3) is 0 Å². The fraction of sp³-hybridized carbons (Fsp3) is 0.652. The van der Waals surface area contributed by atoms with Crippen molar-refractivity contribution in [3.8, 4) is 0 Å². The normalized spacial score (nSPS) is 24.9. The highest BCUT2D eigenvalue weighted by molar-refractivity contribution is 7.88. The van der Waals surface area contributed by atoms with Gasteiger partial charge in [0.1, 0.15) is 5.82 Å². The van der Waals surface area contributed by atoms with Crippen LogP contribution < -0.4 is 9.62 Å². The van der Waals surface area contributed by atoms with Gasteiger partial charge in [-0.15, -0.1) is 0 Å². The number of carbonyl (C=O) groups is 1. The summed E-state index contributed by atoms with van der Waals surface area (Å²) in [5, 5.41) is 0. The molecular weight excluding hydrogens is 412 g/mol. The lowest BCUT2D eigenvalue weighted by molar-refractivity contribution is -0.132. The maximum absolute atomic E-state index is 13.0. The Kier molecular flexibility index (Phi) is 7.75. The standard InChI is InChI=1S/C23H36N4O3S/c1-17(2)21-14-19(18(3)13-20(21)16-25-31(4,29)30)15-23(28)27-11-9-26(10-12-27)22-7-5-6-8-24-22/h5-8,13,17,19-21,25H,9-12,14-16H2,1-4H3/t19-,20-,21-/m0/s1.